The molecule has 0 spiro atoms. The Morgan fingerprint density at radius 2 is 2.23 bits per heavy atom. The molecule has 0 bridgehead atoms. The van der Waals surface area contributed by atoms with Gasteiger partial charge in [-0.3, -0.25) is 9.59 Å². The highest BCUT2D eigenvalue weighted by Crippen LogP contribution is 2.35. The van der Waals surface area contributed by atoms with E-state index in [1.165, 1.54) is 6.92 Å². The zero-order chi connectivity index (χ0) is 10.1. The standard InChI is InChI=1S/C9H15NO3/c1-6(11)10-5-4-7-8(12)13-9(7,2)3/h7H,4-5H2,1-3H3,(H,10,11)/t7-/m1/s1. The second kappa shape index (κ2) is 3.36. The van der Waals surface area contributed by atoms with Crippen LogP contribution in [0.2, 0.25) is 0 Å². The van der Waals surface area contributed by atoms with Crippen molar-refractivity contribution in [2.24, 2.45) is 5.92 Å². The first-order valence-corrected chi connectivity index (χ1v) is 4.41. The van der Waals surface area contributed by atoms with Crippen LogP contribution in [0.5, 0.6) is 0 Å². The molecule has 1 atom stereocenters. The van der Waals surface area contributed by atoms with E-state index in [2.05, 4.69) is 5.32 Å². The normalized spacial score (nSPS) is 24.5. The highest BCUT2D eigenvalue weighted by atomic mass is 16.6. The molecular weight excluding hydrogens is 170 g/mol. The molecule has 13 heavy (non-hydrogen) atoms. The van der Waals surface area contributed by atoms with E-state index in [0.717, 1.165) is 0 Å². The summed E-state index contributed by atoms with van der Waals surface area (Å²) in [7, 11) is 0. The molecule has 4 nitrogen and oxygen atoms in total. The van der Waals surface area contributed by atoms with Crippen molar-refractivity contribution in [1.29, 1.82) is 0 Å². The van der Waals surface area contributed by atoms with Gasteiger partial charge in [-0.1, -0.05) is 0 Å². The Kier molecular flexibility index (Phi) is 2.59. The molecule has 0 saturated carbocycles. The van der Waals surface area contributed by atoms with Crippen LogP contribution in [0.25, 0.3) is 0 Å². The van der Waals surface area contributed by atoms with Crippen molar-refractivity contribution in [3.63, 3.8) is 0 Å². The lowest BCUT2D eigenvalue weighted by Gasteiger charge is -2.42. The molecule has 0 aromatic heterocycles. The first kappa shape index (κ1) is 10.0. The van der Waals surface area contributed by atoms with Gasteiger partial charge >= 0.3 is 5.97 Å². The Labute approximate surface area is 77.6 Å². The highest BCUT2D eigenvalue weighted by molar-refractivity contribution is 5.80. The number of carbonyl (C=O) groups is 2. The van der Waals surface area contributed by atoms with Gasteiger partial charge in [-0.25, -0.2) is 0 Å². The van der Waals surface area contributed by atoms with Crippen molar-refractivity contribution in [3.8, 4) is 0 Å². The van der Waals surface area contributed by atoms with Crippen molar-refractivity contribution in [3.05, 3.63) is 0 Å². The van der Waals surface area contributed by atoms with Crippen molar-refractivity contribution in [2.75, 3.05) is 6.54 Å². The first-order chi connectivity index (χ1) is 5.93. The molecule has 0 aliphatic carbocycles. The van der Waals surface area contributed by atoms with Gasteiger partial charge in [-0.05, 0) is 20.3 Å². The monoisotopic (exact) mass is 185 g/mol. The summed E-state index contributed by atoms with van der Waals surface area (Å²) < 4.78 is 4.94. The van der Waals surface area contributed by atoms with Gasteiger partial charge in [0.25, 0.3) is 0 Å². The quantitative estimate of drug-likeness (QED) is 0.650. The summed E-state index contributed by atoms with van der Waals surface area (Å²) in [6, 6.07) is 0. The van der Waals surface area contributed by atoms with Gasteiger partial charge in [0, 0.05) is 13.5 Å². The molecule has 0 radical (unpaired) electrons. The molecule has 0 aromatic rings. The summed E-state index contributed by atoms with van der Waals surface area (Å²) in [4.78, 5) is 21.5. The number of ether oxygens (including phenoxy) is 1. The van der Waals surface area contributed by atoms with E-state index in [1.807, 2.05) is 13.8 Å². The first-order valence-electron chi connectivity index (χ1n) is 4.41. The third kappa shape index (κ3) is 2.20. The predicted octanol–water partition coefficient (Wildman–Crippen LogP) is 0.464. The molecule has 1 aliphatic rings. The zero-order valence-corrected chi connectivity index (χ0v) is 8.22. The van der Waals surface area contributed by atoms with Crippen molar-refractivity contribution < 1.29 is 14.3 Å². The fourth-order valence-electron chi connectivity index (χ4n) is 1.49. The topological polar surface area (TPSA) is 55.4 Å². The number of esters is 1. The Balaban J connectivity index is 2.29. The number of hydrogen-bond donors (Lipinski definition) is 1. The van der Waals surface area contributed by atoms with Gasteiger partial charge in [0.05, 0.1) is 5.92 Å². The summed E-state index contributed by atoms with van der Waals surface area (Å²) >= 11 is 0. The third-order valence-electron chi connectivity index (χ3n) is 2.29. The summed E-state index contributed by atoms with van der Waals surface area (Å²) in [5, 5.41) is 2.66. The average Bonchev–Trinajstić information content (AvgIpc) is 1.96. The Morgan fingerprint density at radius 3 is 2.62 bits per heavy atom. The van der Waals surface area contributed by atoms with E-state index < -0.39 is 0 Å². The molecule has 74 valence electrons. The number of nitrogens with one attached hydrogen (secondary N) is 1. The van der Waals surface area contributed by atoms with Gasteiger partial charge in [-0.15, -0.1) is 0 Å². The minimum absolute atomic E-state index is 0.0644. The molecule has 1 amide bonds. The smallest absolute Gasteiger partial charge is 0.313 e. The molecule has 4 heteroatoms. The van der Waals surface area contributed by atoms with Crippen molar-refractivity contribution >= 4 is 11.9 Å². The Morgan fingerprint density at radius 1 is 1.62 bits per heavy atom. The SMILES string of the molecule is CC(=O)NCC[C@@H]1C(=O)OC1(C)C. The van der Waals surface area contributed by atoms with Gasteiger partial charge in [-0.2, -0.15) is 0 Å². The number of cyclic esters (lactones) is 1. The third-order valence-corrected chi connectivity index (χ3v) is 2.29. The van der Waals surface area contributed by atoms with Gasteiger partial charge in [0.2, 0.25) is 5.91 Å². The average molecular weight is 185 g/mol. The minimum atomic E-state index is -0.352. The van der Waals surface area contributed by atoms with Crippen LogP contribution in [0.4, 0.5) is 0 Å². The predicted molar refractivity (Wildman–Crippen MR) is 47.0 cm³/mol. The molecule has 1 N–H and O–H groups in total. The van der Waals surface area contributed by atoms with E-state index in [-0.39, 0.29) is 23.4 Å². The van der Waals surface area contributed by atoms with Crippen LogP contribution < -0.4 is 5.32 Å². The maximum absolute atomic E-state index is 11.0. The highest BCUT2D eigenvalue weighted by Gasteiger charge is 2.48. The lowest BCUT2D eigenvalue weighted by Crippen LogP contribution is -2.54. The summed E-state index contributed by atoms with van der Waals surface area (Å²) in [5.74, 6) is -0.291. The van der Waals surface area contributed by atoms with Crippen molar-refractivity contribution in [1.82, 2.24) is 5.32 Å². The minimum Gasteiger partial charge on any atom is -0.458 e. The van der Waals surface area contributed by atoms with Crippen LogP contribution in [0, 0.1) is 5.92 Å². The van der Waals surface area contributed by atoms with Crippen molar-refractivity contribution in [2.45, 2.75) is 32.8 Å². The molecule has 1 fully saturated rings. The molecule has 1 aliphatic heterocycles. The molecule has 1 rings (SSSR count). The molecule has 0 aromatic carbocycles. The summed E-state index contributed by atoms with van der Waals surface area (Å²) in [5.41, 5.74) is -0.352. The number of rotatable bonds is 3. The van der Waals surface area contributed by atoms with Crippen LogP contribution in [0.1, 0.15) is 27.2 Å². The van der Waals surface area contributed by atoms with E-state index in [0.29, 0.717) is 13.0 Å². The van der Waals surface area contributed by atoms with Crippen LogP contribution in [-0.2, 0) is 14.3 Å². The van der Waals surface area contributed by atoms with Crippen LogP contribution >= 0.6 is 0 Å². The number of amides is 1. The van der Waals surface area contributed by atoms with Gasteiger partial charge < -0.3 is 10.1 Å². The van der Waals surface area contributed by atoms with E-state index in [4.69, 9.17) is 4.74 Å². The molecule has 1 saturated heterocycles. The van der Waals surface area contributed by atoms with Gasteiger partial charge in [0.15, 0.2) is 0 Å². The molecule has 1 heterocycles. The van der Waals surface area contributed by atoms with Crippen LogP contribution in [0.3, 0.4) is 0 Å². The maximum atomic E-state index is 11.0. The van der Waals surface area contributed by atoms with Crippen LogP contribution in [0.15, 0.2) is 0 Å². The lowest BCUT2D eigenvalue weighted by atomic mass is 9.83. The largest absolute Gasteiger partial charge is 0.458 e. The van der Waals surface area contributed by atoms with Crippen LogP contribution in [-0.4, -0.2) is 24.0 Å². The zero-order valence-electron chi connectivity index (χ0n) is 8.22. The van der Waals surface area contributed by atoms with E-state index in [9.17, 15) is 9.59 Å². The number of carbonyl (C=O) groups excluding carboxylic acids is 2. The molecule has 0 unspecified atom stereocenters. The second-order valence-corrected chi connectivity index (χ2v) is 3.85. The fraction of sp³-hybridized carbons (Fsp3) is 0.778. The van der Waals surface area contributed by atoms with Gasteiger partial charge in [0.1, 0.15) is 5.60 Å². The Hall–Kier alpha value is -1.06. The molecular formula is C9H15NO3. The summed E-state index contributed by atoms with van der Waals surface area (Å²) in [6.45, 7) is 5.77. The Bertz CT molecular complexity index is 235. The number of hydrogen-bond acceptors (Lipinski definition) is 3. The van der Waals surface area contributed by atoms with E-state index in [1.54, 1.807) is 0 Å². The van der Waals surface area contributed by atoms with E-state index >= 15 is 0 Å². The maximum Gasteiger partial charge on any atom is 0.313 e. The lowest BCUT2D eigenvalue weighted by molar-refractivity contribution is -0.205. The fourth-order valence-corrected chi connectivity index (χ4v) is 1.49. The summed E-state index contributed by atoms with van der Waals surface area (Å²) in [6.07, 6.45) is 0.658. The second-order valence-electron chi connectivity index (χ2n) is 3.85.